The van der Waals surface area contributed by atoms with Gasteiger partial charge in [0.25, 0.3) is 0 Å². The predicted molar refractivity (Wildman–Crippen MR) is 90.9 cm³/mol. The van der Waals surface area contributed by atoms with Crippen molar-refractivity contribution in [1.29, 1.82) is 0 Å². The summed E-state index contributed by atoms with van der Waals surface area (Å²) in [6.45, 7) is 1.53. The van der Waals surface area contributed by atoms with Crippen LogP contribution >= 0.6 is 0 Å². The molecule has 3 fully saturated rings. The van der Waals surface area contributed by atoms with Crippen LogP contribution in [0.2, 0.25) is 0 Å². The number of halogens is 3. The number of anilines is 1. The molecule has 5 nitrogen and oxygen atoms in total. The smallest absolute Gasteiger partial charge is 0.406 e. The van der Waals surface area contributed by atoms with E-state index < -0.39 is 17.2 Å². The number of nitrogens with one attached hydrogen (secondary N) is 1. The summed E-state index contributed by atoms with van der Waals surface area (Å²) >= 11 is 0. The summed E-state index contributed by atoms with van der Waals surface area (Å²) in [4.78, 5) is 27.8. The van der Waals surface area contributed by atoms with Crippen molar-refractivity contribution >= 4 is 17.5 Å². The first-order valence-corrected chi connectivity index (χ1v) is 9.23. The van der Waals surface area contributed by atoms with E-state index in [1.54, 1.807) is 0 Å². The van der Waals surface area contributed by atoms with E-state index in [-0.39, 0.29) is 17.6 Å². The molecule has 1 heterocycles. The van der Waals surface area contributed by atoms with Gasteiger partial charge in [-0.15, -0.1) is 13.2 Å². The second kappa shape index (κ2) is 6.14. The highest BCUT2D eigenvalue weighted by Gasteiger charge is 2.73. The molecule has 1 aromatic carbocycles. The fourth-order valence-electron chi connectivity index (χ4n) is 4.28. The number of nitrogens with zero attached hydrogens (tertiary/aromatic N) is 1. The largest absolute Gasteiger partial charge is 0.573 e. The van der Waals surface area contributed by atoms with Crippen LogP contribution < -0.4 is 10.1 Å². The normalized spacial score (nSPS) is 22.3. The number of carbonyl (C=O) groups excluding carboxylic acids is 2. The Bertz CT molecular complexity index is 746. The summed E-state index contributed by atoms with van der Waals surface area (Å²) in [6, 6.07) is 5.06. The zero-order valence-corrected chi connectivity index (χ0v) is 14.8. The molecule has 0 aromatic heterocycles. The molecular weight excluding hydrogens is 361 g/mol. The maximum absolute atomic E-state index is 13.0. The molecule has 3 aliphatic rings. The van der Waals surface area contributed by atoms with Crippen molar-refractivity contribution in [2.75, 3.05) is 18.4 Å². The number of benzene rings is 1. The quantitative estimate of drug-likeness (QED) is 0.845. The minimum absolute atomic E-state index is 0.0987. The highest BCUT2D eigenvalue weighted by Crippen LogP contribution is 2.71. The SMILES string of the molecule is O=C(Nc1ccc(OC(F)(F)F)cc1)C1(C2(C(=O)N3CCCC3)CC2)CC1. The topological polar surface area (TPSA) is 58.6 Å². The maximum Gasteiger partial charge on any atom is 0.573 e. The first-order chi connectivity index (χ1) is 12.8. The summed E-state index contributed by atoms with van der Waals surface area (Å²) in [5.74, 6) is -0.455. The third-order valence-corrected chi connectivity index (χ3v) is 6.00. The Labute approximate surface area is 154 Å². The zero-order chi connectivity index (χ0) is 19.3. The monoisotopic (exact) mass is 382 g/mol. The van der Waals surface area contributed by atoms with Crippen molar-refractivity contribution in [2.45, 2.75) is 44.9 Å². The molecule has 0 spiro atoms. The molecular formula is C19H21F3N2O3. The Hall–Kier alpha value is -2.25. The van der Waals surface area contributed by atoms with Crippen molar-refractivity contribution in [1.82, 2.24) is 4.90 Å². The molecule has 1 N–H and O–H groups in total. The number of alkyl halides is 3. The van der Waals surface area contributed by atoms with Crippen LogP contribution in [0.3, 0.4) is 0 Å². The Morgan fingerprint density at radius 3 is 2.00 bits per heavy atom. The Balaban J connectivity index is 1.44. The number of hydrogen-bond donors (Lipinski definition) is 1. The number of likely N-dealkylation sites (tertiary alicyclic amines) is 1. The van der Waals surface area contributed by atoms with Crippen molar-refractivity contribution in [3.05, 3.63) is 24.3 Å². The average molecular weight is 382 g/mol. The molecule has 0 unspecified atom stereocenters. The van der Waals surface area contributed by atoms with Crippen LogP contribution in [0.5, 0.6) is 5.75 Å². The molecule has 2 saturated carbocycles. The van der Waals surface area contributed by atoms with E-state index in [0.717, 1.165) is 50.9 Å². The first kappa shape index (κ1) is 18.1. The fourth-order valence-corrected chi connectivity index (χ4v) is 4.28. The maximum atomic E-state index is 13.0. The van der Waals surface area contributed by atoms with Gasteiger partial charge in [-0.1, -0.05) is 0 Å². The lowest BCUT2D eigenvalue weighted by atomic mass is 9.83. The lowest BCUT2D eigenvalue weighted by molar-refractivity contribution is -0.274. The van der Waals surface area contributed by atoms with Gasteiger partial charge in [-0.3, -0.25) is 9.59 Å². The van der Waals surface area contributed by atoms with Crippen LogP contribution in [0.4, 0.5) is 18.9 Å². The second-order valence-corrected chi connectivity index (χ2v) is 7.69. The third-order valence-electron chi connectivity index (χ3n) is 6.00. The second-order valence-electron chi connectivity index (χ2n) is 7.69. The van der Waals surface area contributed by atoms with E-state index in [9.17, 15) is 22.8 Å². The predicted octanol–water partition coefficient (Wildman–Crippen LogP) is 3.71. The molecule has 0 radical (unpaired) electrons. The van der Waals surface area contributed by atoms with E-state index in [1.807, 2.05) is 4.90 Å². The van der Waals surface area contributed by atoms with E-state index in [2.05, 4.69) is 10.1 Å². The van der Waals surface area contributed by atoms with E-state index in [0.29, 0.717) is 18.5 Å². The zero-order valence-electron chi connectivity index (χ0n) is 14.8. The third kappa shape index (κ3) is 3.26. The molecule has 0 atom stereocenters. The van der Waals surface area contributed by atoms with Crippen molar-refractivity contribution in [2.24, 2.45) is 10.8 Å². The molecule has 1 aromatic rings. The van der Waals surface area contributed by atoms with Crippen LogP contribution in [-0.2, 0) is 9.59 Å². The van der Waals surface area contributed by atoms with Crippen LogP contribution in [0.1, 0.15) is 38.5 Å². The Morgan fingerprint density at radius 1 is 0.963 bits per heavy atom. The molecule has 27 heavy (non-hydrogen) atoms. The van der Waals surface area contributed by atoms with Crippen LogP contribution in [0.25, 0.3) is 0 Å². The van der Waals surface area contributed by atoms with Gasteiger partial charge in [0.15, 0.2) is 0 Å². The molecule has 1 aliphatic heterocycles. The Morgan fingerprint density at radius 2 is 1.52 bits per heavy atom. The van der Waals surface area contributed by atoms with Crippen molar-refractivity contribution < 1.29 is 27.5 Å². The van der Waals surface area contributed by atoms with E-state index in [4.69, 9.17) is 0 Å². The number of hydrogen-bond acceptors (Lipinski definition) is 3. The summed E-state index contributed by atoms with van der Waals surface area (Å²) in [7, 11) is 0. The summed E-state index contributed by atoms with van der Waals surface area (Å²) in [6.07, 6.45) is 0.0709. The van der Waals surface area contributed by atoms with Gasteiger partial charge in [0.05, 0.1) is 10.8 Å². The minimum atomic E-state index is -4.75. The molecule has 4 rings (SSSR count). The van der Waals surface area contributed by atoms with Gasteiger partial charge in [0.1, 0.15) is 5.75 Å². The van der Waals surface area contributed by atoms with Crippen molar-refractivity contribution in [3.8, 4) is 5.75 Å². The van der Waals surface area contributed by atoms with Gasteiger partial charge in [-0.2, -0.15) is 0 Å². The highest BCUT2D eigenvalue weighted by molar-refractivity contribution is 6.03. The molecule has 146 valence electrons. The number of amides is 2. The van der Waals surface area contributed by atoms with E-state index >= 15 is 0 Å². The number of ether oxygens (including phenoxy) is 1. The van der Waals surface area contributed by atoms with Gasteiger partial charge < -0.3 is 15.0 Å². The number of carbonyl (C=O) groups is 2. The van der Waals surface area contributed by atoms with Gasteiger partial charge in [0.2, 0.25) is 11.8 Å². The van der Waals surface area contributed by atoms with Crippen LogP contribution in [0, 0.1) is 10.8 Å². The minimum Gasteiger partial charge on any atom is -0.406 e. The standard InChI is InChI=1S/C19H21F3N2O3/c20-19(21,22)27-14-5-3-13(4-6-14)23-15(25)17(7-8-17)18(9-10-18)16(26)24-11-1-2-12-24/h3-6H,1-2,7-12H2,(H,23,25). The first-order valence-electron chi connectivity index (χ1n) is 9.23. The van der Waals surface area contributed by atoms with Crippen LogP contribution in [0.15, 0.2) is 24.3 Å². The van der Waals surface area contributed by atoms with Crippen molar-refractivity contribution in [3.63, 3.8) is 0 Å². The van der Waals surface area contributed by atoms with Gasteiger partial charge >= 0.3 is 6.36 Å². The fraction of sp³-hybridized carbons (Fsp3) is 0.579. The highest BCUT2D eigenvalue weighted by atomic mass is 19.4. The molecule has 8 heteroatoms. The molecule has 2 aliphatic carbocycles. The average Bonchev–Trinajstić information content (AvgIpc) is 3.51. The Kier molecular flexibility index (Phi) is 4.12. The molecule has 0 bridgehead atoms. The van der Waals surface area contributed by atoms with Gasteiger partial charge in [-0.25, -0.2) is 0 Å². The lowest BCUT2D eigenvalue weighted by Gasteiger charge is -2.29. The molecule has 2 amide bonds. The molecule has 1 saturated heterocycles. The summed E-state index contributed by atoms with van der Waals surface area (Å²) in [5, 5.41) is 2.78. The van der Waals surface area contributed by atoms with Crippen LogP contribution in [-0.4, -0.2) is 36.2 Å². The summed E-state index contributed by atoms with van der Waals surface area (Å²) in [5.41, 5.74) is -0.862. The lowest BCUT2D eigenvalue weighted by Crippen LogP contribution is -2.44. The van der Waals surface area contributed by atoms with Gasteiger partial charge in [0, 0.05) is 18.8 Å². The summed E-state index contributed by atoms with van der Waals surface area (Å²) < 4.78 is 40.5. The number of rotatable bonds is 5. The van der Waals surface area contributed by atoms with Gasteiger partial charge in [-0.05, 0) is 62.8 Å². The van der Waals surface area contributed by atoms with E-state index in [1.165, 1.54) is 12.1 Å².